The van der Waals surface area contributed by atoms with Crippen LogP contribution in [0.1, 0.15) is 81.1 Å². The number of aliphatic hydroxyl groups is 4. The van der Waals surface area contributed by atoms with Gasteiger partial charge in [-0.25, -0.2) is 0 Å². The molecule has 0 spiro atoms. The minimum Gasteiger partial charge on any atom is -0.390 e. The largest absolute Gasteiger partial charge is 0.390 e. The Hall–Kier alpha value is -0.160. The van der Waals surface area contributed by atoms with Gasteiger partial charge in [-0.05, 0) is 68.2 Å². The summed E-state index contributed by atoms with van der Waals surface area (Å²) >= 11 is 0. The second-order valence-electron chi connectivity index (χ2n) is 9.00. The average Bonchev–Trinajstić information content (AvgIpc) is 2.14. The maximum absolute atomic E-state index is 10.2. The van der Waals surface area contributed by atoms with Gasteiger partial charge in [0.05, 0.1) is 22.4 Å². The molecule has 0 aromatic heterocycles. The summed E-state index contributed by atoms with van der Waals surface area (Å²) in [6.07, 6.45) is 3.08. The Morgan fingerprint density at radius 2 is 0.682 bits per heavy atom. The second-order valence-corrected chi connectivity index (χ2v) is 9.00. The minimum absolute atomic E-state index is 0.220. The van der Waals surface area contributed by atoms with Crippen molar-refractivity contribution in [1.29, 1.82) is 0 Å². The molecule has 0 aliphatic carbocycles. The summed E-state index contributed by atoms with van der Waals surface area (Å²) in [6.45, 7) is 13.8. The normalized spacial score (nSPS) is 15.0. The molecule has 0 aliphatic rings. The van der Waals surface area contributed by atoms with Gasteiger partial charge < -0.3 is 20.4 Å². The van der Waals surface area contributed by atoms with E-state index in [0.717, 1.165) is 12.8 Å². The second kappa shape index (κ2) is 7.16. The molecule has 0 amide bonds. The van der Waals surface area contributed by atoms with Crippen molar-refractivity contribution >= 4 is 0 Å². The van der Waals surface area contributed by atoms with Gasteiger partial charge >= 0.3 is 0 Å². The van der Waals surface area contributed by atoms with Crippen molar-refractivity contribution in [1.82, 2.24) is 0 Å². The third-order valence-electron chi connectivity index (χ3n) is 4.65. The van der Waals surface area contributed by atoms with Gasteiger partial charge in [-0.2, -0.15) is 0 Å². The summed E-state index contributed by atoms with van der Waals surface area (Å²) in [6, 6.07) is 0. The predicted octanol–water partition coefficient (Wildman–Crippen LogP) is 2.86. The lowest BCUT2D eigenvalue weighted by molar-refractivity contribution is -0.101. The van der Waals surface area contributed by atoms with Crippen LogP contribution in [0.25, 0.3) is 0 Å². The highest BCUT2D eigenvalue weighted by Crippen LogP contribution is 2.35. The first-order valence-electron chi connectivity index (χ1n) is 8.37. The summed E-state index contributed by atoms with van der Waals surface area (Å²) < 4.78 is 0. The quantitative estimate of drug-likeness (QED) is 0.493. The van der Waals surface area contributed by atoms with E-state index in [4.69, 9.17) is 0 Å². The molecule has 0 heterocycles. The van der Waals surface area contributed by atoms with Crippen LogP contribution in [0, 0.1) is 11.8 Å². The summed E-state index contributed by atoms with van der Waals surface area (Å²) in [7, 11) is 0. The highest BCUT2D eigenvalue weighted by molar-refractivity contribution is 4.91. The molecule has 134 valence electrons. The van der Waals surface area contributed by atoms with Crippen molar-refractivity contribution in [2.24, 2.45) is 11.8 Å². The third-order valence-corrected chi connectivity index (χ3v) is 4.65. The Kier molecular flexibility index (Phi) is 7.11. The minimum atomic E-state index is -0.940. The van der Waals surface area contributed by atoms with Gasteiger partial charge in [0.2, 0.25) is 0 Å². The monoisotopic (exact) mass is 318 g/mol. The molecule has 0 aliphatic heterocycles. The Morgan fingerprint density at radius 1 is 0.500 bits per heavy atom. The zero-order valence-corrected chi connectivity index (χ0v) is 15.8. The Morgan fingerprint density at radius 3 is 0.818 bits per heavy atom. The fraction of sp³-hybridized carbons (Fsp3) is 1.00. The van der Waals surface area contributed by atoms with Crippen LogP contribution in [-0.4, -0.2) is 42.8 Å². The van der Waals surface area contributed by atoms with Crippen LogP contribution in [0.2, 0.25) is 0 Å². The van der Waals surface area contributed by atoms with Crippen molar-refractivity contribution in [3.8, 4) is 0 Å². The zero-order valence-electron chi connectivity index (χ0n) is 15.8. The molecule has 4 nitrogen and oxygen atoms in total. The van der Waals surface area contributed by atoms with E-state index < -0.39 is 22.4 Å². The van der Waals surface area contributed by atoms with Crippen molar-refractivity contribution in [2.45, 2.75) is 103 Å². The van der Waals surface area contributed by atoms with Gasteiger partial charge in [0, 0.05) is 11.8 Å². The Bertz CT molecular complexity index is 261. The van der Waals surface area contributed by atoms with Crippen LogP contribution in [0.5, 0.6) is 0 Å². The summed E-state index contributed by atoms with van der Waals surface area (Å²) in [5.74, 6) is -0.439. The Balaban J connectivity index is 4.63. The van der Waals surface area contributed by atoms with E-state index in [0.29, 0.717) is 12.8 Å². The molecule has 4 N–H and O–H groups in total. The summed E-state index contributed by atoms with van der Waals surface area (Å²) in [5.41, 5.74) is -3.76. The van der Waals surface area contributed by atoms with Crippen LogP contribution in [-0.2, 0) is 0 Å². The number of unbranched alkanes of at least 4 members (excludes halogenated alkanes) is 1. The van der Waals surface area contributed by atoms with Crippen molar-refractivity contribution in [3.63, 3.8) is 0 Å². The highest BCUT2D eigenvalue weighted by atomic mass is 16.3. The number of rotatable bonds is 9. The molecular formula is C18H38O4. The van der Waals surface area contributed by atoms with Crippen LogP contribution >= 0.6 is 0 Å². The summed E-state index contributed by atoms with van der Waals surface area (Å²) in [4.78, 5) is 0. The van der Waals surface area contributed by atoms with Crippen LogP contribution in [0.15, 0.2) is 0 Å². The van der Waals surface area contributed by atoms with Crippen molar-refractivity contribution in [2.75, 3.05) is 0 Å². The first-order chi connectivity index (χ1) is 9.47. The standard InChI is InChI=1S/C18H38O4/c1-15(2,19)13(16(3,4)20)11-9-10-12-14(17(5,6)21)18(7,8)22/h13-14,19-22H,9-12H2,1-8H3. The molecule has 0 rings (SSSR count). The molecule has 0 saturated heterocycles. The first-order valence-corrected chi connectivity index (χ1v) is 8.37. The maximum atomic E-state index is 10.2. The van der Waals surface area contributed by atoms with Crippen LogP contribution < -0.4 is 0 Å². The molecule has 0 atom stereocenters. The molecule has 0 aromatic carbocycles. The van der Waals surface area contributed by atoms with E-state index in [2.05, 4.69) is 0 Å². The lowest BCUT2D eigenvalue weighted by Crippen LogP contribution is -2.46. The van der Waals surface area contributed by atoms with E-state index >= 15 is 0 Å². The first kappa shape index (κ1) is 21.8. The fourth-order valence-electron chi connectivity index (χ4n) is 3.84. The van der Waals surface area contributed by atoms with Crippen molar-refractivity contribution in [3.05, 3.63) is 0 Å². The van der Waals surface area contributed by atoms with Gasteiger partial charge in [0.25, 0.3) is 0 Å². The van der Waals surface area contributed by atoms with Gasteiger partial charge in [-0.3, -0.25) is 0 Å². The predicted molar refractivity (Wildman–Crippen MR) is 90.6 cm³/mol. The maximum Gasteiger partial charge on any atom is 0.0646 e. The van der Waals surface area contributed by atoms with E-state index in [1.54, 1.807) is 55.4 Å². The SMILES string of the molecule is CC(C)(O)C(CCCCC(C(C)(C)O)C(C)(C)O)C(C)(C)O. The molecule has 0 saturated carbocycles. The van der Waals surface area contributed by atoms with Gasteiger partial charge in [-0.15, -0.1) is 0 Å². The van der Waals surface area contributed by atoms with Gasteiger partial charge in [-0.1, -0.05) is 12.8 Å². The summed E-state index contributed by atoms with van der Waals surface area (Å²) in [5, 5.41) is 41.0. The van der Waals surface area contributed by atoms with Gasteiger partial charge in [0.15, 0.2) is 0 Å². The fourth-order valence-corrected chi connectivity index (χ4v) is 3.84. The van der Waals surface area contributed by atoms with E-state index in [1.165, 1.54) is 0 Å². The number of hydrogen-bond donors (Lipinski definition) is 4. The van der Waals surface area contributed by atoms with Crippen molar-refractivity contribution < 1.29 is 20.4 Å². The molecule has 0 fully saturated rings. The third kappa shape index (κ3) is 7.40. The van der Waals surface area contributed by atoms with Gasteiger partial charge in [0.1, 0.15) is 0 Å². The number of hydrogen-bond acceptors (Lipinski definition) is 4. The average molecular weight is 318 g/mol. The molecular weight excluding hydrogens is 280 g/mol. The Labute approximate surface area is 136 Å². The molecule has 0 aromatic rings. The smallest absolute Gasteiger partial charge is 0.0646 e. The lowest BCUT2D eigenvalue weighted by atomic mass is 9.73. The zero-order chi connectivity index (χ0) is 18.0. The molecule has 22 heavy (non-hydrogen) atoms. The van der Waals surface area contributed by atoms with Crippen LogP contribution in [0.4, 0.5) is 0 Å². The molecule has 0 radical (unpaired) electrons. The van der Waals surface area contributed by atoms with E-state index in [-0.39, 0.29) is 11.8 Å². The van der Waals surface area contributed by atoms with E-state index in [1.807, 2.05) is 0 Å². The van der Waals surface area contributed by atoms with E-state index in [9.17, 15) is 20.4 Å². The van der Waals surface area contributed by atoms with Crippen LogP contribution in [0.3, 0.4) is 0 Å². The molecule has 0 bridgehead atoms. The topological polar surface area (TPSA) is 80.9 Å². The molecule has 0 unspecified atom stereocenters. The highest BCUT2D eigenvalue weighted by Gasteiger charge is 2.39. The lowest BCUT2D eigenvalue weighted by Gasteiger charge is -2.40. The molecule has 4 heteroatoms.